The van der Waals surface area contributed by atoms with Gasteiger partial charge in [-0.15, -0.1) is 0 Å². The molecule has 2 rings (SSSR count). The van der Waals surface area contributed by atoms with E-state index in [1.165, 1.54) is 0 Å². The Morgan fingerprint density at radius 1 is 1.52 bits per heavy atom. The van der Waals surface area contributed by atoms with Gasteiger partial charge < -0.3 is 24.8 Å². The molecule has 2 saturated heterocycles. The fourth-order valence-electron chi connectivity index (χ4n) is 2.95. The Balaban J connectivity index is 1.93. The van der Waals surface area contributed by atoms with Crippen LogP contribution in [0.2, 0.25) is 0 Å². The Hall–Kier alpha value is -1.34. The quantitative estimate of drug-likeness (QED) is 0.791. The van der Waals surface area contributed by atoms with Gasteiger partial charge in [-0.2, -0.15) is 0 Å². The molecule has 0 aromatic carbocycles. The average molecular weight is 300 g/mol. The van der Waals surface area contributed by atoms with Crippen LogP contribution in [0.1, 0.15) is 19.8 Å². The molecule has 0 aromatic heterocycles. The normalized spacial score (nSPS) is 33.0. The molecule has 2 heterocycles. The van der Waals surface area contributed by atoms with E-state index in [0.717, 1.165) is 12.8 Å². The SMILES string of the molecule is COCC1CCCN(C(=O)NC2COCC2(C)C(=O)O)C1. The number of urea groups is 1. The zero-order valence-corrected chi connectivity index (χ0v) is 12.6. The van der Waals surface area contributed by atoms with Crippen molar-refractivity contribution in [3.63, 3.8) is 0 Å². The van der Waals surface area contributed by atoms with E-state index in [-0.39, 0.29) is 19.2 Å². The van der Waals surface area contributed by atoms with Crippen molar-refractivity contribution in [3.8, 4) is 0 Å². The lowest BCUT2D eigenvalue weighted by Crippen LogP contribution is -2.55. The molecule has 120 valence electrons. The third-order valence-corrected chi connectivity index (χ3v) is 4.45. The largest absolute Gasteiger partial charge is 0.481 e. The third-order valence-electron chi connectivity index (χ3n) is 4.45. The number of methoxy groups -OCH3 is 1. The number of hydrogen-bond acceptors (Lipinski definition) is 4. The van der Waals surface area contributed by atoms with Crippen LogP contribution in [0.25, 0.3) is 0 Å². The Morgan fingerprint density at radius 3 is 2.95 bits per heavy atom. The molecule has 3 atom stereocenters. The predicted octanol–water partition coefficient (Wildman–Crippen LogP) is 0.544. The van der Waals surface area contributed by atoms with Gasteiger partial charge in [-0.05, 0) is 19.8 Å². The number of carbonyl (C=O) groups excluding carboxylic acids is 1. The predicted molar refractivity (Wildman–Crippen MR) is 75.1 cm³/mol. The van der Waals surface area contributed by atoms with Crippen LogP contribution >= 0.6 is 0 Å². The Bertz CT molecular complexity index is 401. The molecule has 21 heavy (non-hydrogen) atoms. The number of nitrogens with zero attached hydrogens (tertiary/aromatic N) is 1. The summed E-state index contributed by atoms with van der Waals surface area (Å²) in [5, 5.41) is 12.1. The first-order valence-corrected chi connectivity index (χ1v) is 7.33. The van der Waals surface area contributed by atoms with Gasteiger partial charge in [0.15, 0.2) is 0 Å². The second kappa shape index (κ2) is 6.62. The minimum absolute atomic E-state index is 0.125. The van der Waals surface area contributed by atoms with Crippen molar-refractivity contribution in [3.05, 3.63) is 0 Å². The number of carboxylic acid groups (broad SMARTS) is 1. The molecule has 0 radical (unpaired) electrons. The second-order valence-electron chi connectivity index (χ2n) is 6.15. The minimum Gasteiger partial charge on any atom is -0.481 e. The highest BCUT2D eigenvalue weighted by molar-refractivity contribution is 5.79. The molecule has 0 saturated carbocycles. The van der Waals surface area contributed by atoms with E-state index < -0.39 is 17.4 Å². The van der Waals surface area contributed by atoms with Crippen molar-refractivity contribution in [1.82, 2.24) is 10.2 Å². The number of nitrogens with one attached hydrogen (secondary N) is 1. The maximum Gasteiger partial charge on any atom is 0.317 e. The van der Waals surface area contributed by atoms with E-state index in [9.17, 15) is 14.7 Å². The van der Waals surface area contributed by atoms with Gasteiger partial charge in [0.2, 0.25) is 0 Å². The molecule has 0 spiro atoms. The van der Waals surface area contributed by atoms with Gasteiger partial charge in [0.1, 0.15) is 5.41 Å². The van der Waals surface area contributed by atoms with Gasteiger partial charge in [-0.3, -0.25) is 4.79 Å². The van der Waals surface area contributed by atoms with E-state index in [2.05, 4.69) is 5.32 Å². The lowest BCUT2D eigenvalue weighted by atomic mass is 9.85. The van der Waals surface area contributed by atoms with Gasteiger partial charge in [0.05, 0.1) is 25.9 Å². The lowest BCUT2D eigenvalue weighted by molar-refractivity contribution is -0.148. The smallest absolute Gasteiger partial charge is 0.317 e. The van der Waals surface area contributed by atoms with Crippen molar-refractivity contribution in [2.45, 2.75) is 25.8 Å². The van der Waals surface area contributed by atoms with Crippen LogP contribution in [-0.2, 0) is 14.3 Å². The van der Waals surface area contributed by atoms with E-state index in [0.29, 0.717) is 25.6 Å². The fraction of sp³-hybridized carbons (Fsp3) is 0.857. The van der Waals surface area contributed by atoms with Gasteiger partial charge in [-0.25, -0.2) is 4.79 Å². The number of carbonyl (C=O) groups is 2. The molecule has 2 fully saturated rings. The number of likely N-dealkylation sites (tertiary alicyclic amines) is 1. The monoisotopic (exact) mass is 300 g/mol. The number of piperidine rings is 1. The summed E-state index contributed by atoms with van der Waals surface area (Å²) in [6.07, 6.45) is 2.00. The summed E-state index contributed by atoms with van der Waals surface area (Å²) in [7, 11) is 1.66. The van der Waals surface area contributed by atoms with Crippen molar-refractivity contribution < 1.29 is 24.2 Å². The van der Waals surface area contributed by atoms with Crippen molar-refractivity contribution in [2.75, 3.05) is 40.0 Å². The number of rotatable bonds is 4. The zero-order chi connectivity index (χ0) is 15.5. The zero-order valence-electron chi connectivity index (χ0n) is 12.6. The Labute approximate surface area is 124 Å². The van der Waals surface area contributed by atoms with Crippen LogP contribution in [0.15, 0.2) is 0 Å². The summed E-state index contributed by atoms with van der Waals surface area (Å²) in [5.41, 5.74) is -1.06. The Morgan fingerprint density at radius 2 is 2.29 bits per heavy atom. The van der Waals surface area contributed by atoms with E-state index >= 15 is 0 Å². The number of carboxylic acids is 1. The van der Waals surface area contributed by atoms with Gasteiger partial charge >= 0.3 is 12.0 Å². The molecule has 2 aliphatic rings. The van der Waals surface area contributed by atoms with Gasteiger partial charge in [0, 0.05) is 26.1 Å². The molecule has 3 unspecified atom stereocenters. The summed E-state index contributed by atoms with van der Waals surface area (Å²) in [6, 6.07) is -0.705. The summed E-state index contributed by atoms with van der Waals surface area (Å²) >= 11 is 0. The van der Waals surface area contributed by atoms with Crippen LogP contribution in [0.5, 0.6) is 0 Å². The molecule has 7 heteroatoms. The molecular weight excluding hydrogens is 276 g/mol. The van der Waals surface area contributed by atoms with Crippen LogP contribution < -0.4 is 5.32 Å². The van der Waals surface area contributed by atoms with Gasteiger partial charge in [0.25, 0.3) is 0 Å². The summed E-state index contributed by atoms with van der Waals surface area (Å²) < 4.78 is 10.4. The van der Waals surface area contributed by atoms with Crippen molar-refractivity contribution in [2.24, 2.45) is 11.3 Å². The first-order valence-electron chi connectivity index (χ1n) is 7.33. The van der Waals surface area contributed by atoms with Crippen molar-refractivity contribution >= 4 is 12.0 Å². The first kappa shape index (κ1) is 16.0. The standard InChI is InChI=1S/C14H24N2O5/c1-14(12(17)18)9-21-8-11(14)15-13(19)16-5-3-4-10(6-16)7-20-2/h10-11H,3-9H2,1-2H3,(H,15,19)(H,17,18). The number of ether oxygens (including phenoxy) is 2. The van der Waals surface area contributed by atoms with Crippen LogP contribution in [0, 0.1) is 11.3 Å². The maximum absolute atomic E-state index is 12.3. The highest BCUT2D eigenvalue weighted by Crippen LogP contribution is 2.29. The molecule has 2 N–H and O–H groups in total. The second-order valence-corrected chi connectivity index (χ2v) is 6.15. The van der Waals surface area contributed by atoms with E-state index in [1.807, 2.05) is 0 Å². The van der Waals surface area contributed by atoms with Crippen LogP contribution in [0.3, 0.4) is 0 Å². The third kappa shape index (κ3) is 3.47. The summed E-state index contributed by atoms with van der Waals surface area (Å²) in [4.78, 5) is 25.5. The number of amides is 2. The molecule has 0 aromatic rings. The fourth-order valence-corrected chi connectivity index (χ4v) is 2.95. The minimum atomic E-state index is -1.06. The summed E-state index contributed by atoms with van der Waals surface area (Å²) in [5.74, 6) is -0.596. The van der Waals surface area contributed by atoms with Gasteiger partial charge in [-0.1, -0.05) is 0 Å². The highest BCUT2D eigenvalue weighted by atomic mass is 16.5. The first-order chi connectivity index (χ1) is 9.97. The molecule has 2 amide bonds. The summed E-state index contributed by atoms with van der Waals surface area (Å²) in [6.45, 7) is 3.96. The topological polar surface area (TPSA) is 88.1 Å². The van der Waals surface area contributed by atoms with Crippen LogP contribution in [-0.4, -0.2) is 68.1 Å². The van der Waals surface area contributed by atoms with E-state index in [1.54, 1.807) is 18.9 Å². The maximum atomic E-state index is 12.3. The van der Waals surface area contributed by atoms with E-state index in [4.69, 9.17) is 9.47 Å². The molecular formula is C14H24N2O5. The molecule has 2 aliphatic heterocycles. The Kier molecular flexibility index (Phi) is 5.05. The van der Waals surface area contributed by atoms with Crippen molar-refractivity contribution in [1.29, 1.82) is 0 Å². The molecule has 7 nitrogen and oxygen atoms in total. The average Bonchev–Trinajstić information content (AvgIpc) is 2.82. The van der Waals surface area contributed by atoms with Crippen LogP contribution in [0.4, 0.5) is 4.79 Å². The lowest BCUT2D eigenvalue weighted by Gasteiger charge is -2.34. The number of aliphatic carboxylic acids is 1. The molecule has 0 aliphatic carbocycles. The highest BCUT2D eigenvalue weighted by Gasteiger charge is 2.47. The number of hydrogen-bond donors (Lipinski definition) is 2. The molecule has 0 bridgehead atoms.